The Morgan fingerprint density at radius 1 is 1.12 bits per heavy atom. The van der Waals surface area contributed by atoms with Crippen LogP contribution in [0.5, 0.6) is 0 Å². The molecule has 0 amide bonds. The number of nitrogens with zero attached hydrogens (tertiary/aromatic N) is 4. The van der Waals surface area contributed by atoms with Crippen LogP contribution in [0, 0.1) is 5.92 Å². The summed E-state index contributed by atoms with van der Waals surface area (Å²) in [6.45, 7) is 4.06. The average Bonchev–Trinajstić information content (AvgIpc) is 3.01. The topological polar surface area (TPSA) is 54.2 Å². The molecule has 1 unspecified atom stereocenters. The largest absolute Gasteiger partial charge is 0.388 e. The summed E-state index contributed by atoms with van der Waals surface area (Å²) in [6, 6.07) is 14.5. The lowest BCUT2D eigenvalue weighted by molar-refractivity contribution is 0.154. The summed E-state index contributed by atoms with van der Waals surface area (Å²) in [6.07, 6.45) is 4.22. The van der Waals surface area contributed by atoms with Crippen molar-refractivity contribution in [2.45, 2.75) is 32.5 Å². The van der Waals surface area contributed by atoms with Crippen molar-refractivity contribution >= 4 is 11.2 Å². The minimum Gasteiger partial charge on any atom is -0.388 e. The number of aliphatic hydroxyl groups is 1. The normalized spacial score (nSPS) is 18.7. The van der Waals surface area contributed by atoms with Gasteiger partial charge in [0.05, 0.1) is 0 Å². The molecule has 1 saturated heterocycles. The van der Waals surface area contributed by atoms with Gasteiger partial charge in [-0.2, -0.15) is 0 Å². The maximum Gasteiger partial charge on any atom is 0.160 e. The molecule has 2 aromatic heterocycles. The Bertz CT molecular complexity index is 830. The van der Waals surface area contributed by atoms with Crippen LogP contribution in [0.15, 0.2) is 48.7 Å². The zero-order valence-electron chi connectivity index (χ0n) is 14.4. The molecule has 1 aliphatic rings. The number of rotatable bonds is 5. The van der Waals surface area contributed by atoms with Crippen molar-refractivity contribution in [1.82, 2.24) is 19.4 Å². The first-order valence-corrected chi connectivity index (χ1v) is 9.01. The summed E-state index contributed by atoms with van der Waals surface area (Å²) in [5.41, 5.74) is 3.11. The second-order valence-corrected chi connectivity index (χ2v) is 6.87. The summed E-state index contributed by atoms with van der Waals surface area (Å²) in [4.78, 5) is 11.5. The molecule has 0 spiro atoms. The van der Waals surface area contributed by atoms with Crippen molar-refractivity contribution in [3.05, 3.63) is 60.0 Å². The highest BCUT2D eigenvalue weighted by Crippen LogP contribution is 2.23. The molecule has 5 nitrogen and oxygen atoms in total. The smallest absolute Gasteiger partial charge is 0.160 e. The van der Waals surface area contributed by atoms with Gasteiger partial charge in [-0.1, -0.05) is 30.3 Å². The van der Waals surface area contributed by atoms with Crippen molar-refractivity contribution in [3.8, 4) is 0 Å². The Labute approximate surface area is 147 Å². The summed E-state index contributed by atoms with van der Waals surface area (Å²) >= 11 is 0. The lowest BCUT2D eigenvalue weighted by atomic mass is 9.97. The quantitative estimate of drug-likeness (QED) is 0.778. The van der Waals surface area contributed by atoms with E-state index >= 15 is 0 Å². The number of pyridine rings is 1. The van der Waals surface area contributed by atoms with Crippen LogP contribution in [0.1, 0.15) is 24.2 Å². The van der Waals surface area contributed by atoms with Crippen LogP contribution in [0.2, 0.25) is 0 Å². The van der Waals surface area contributed by atoms with Crippen LogP contribution in [-0.4, -0.2) is 37.6 Å². The number of piperidine rings is 1. The van der Waals surface area contributed by atoms with Crippen molar-refractivity contribution in [3.63, 3.8) is 0 Å². The number of benzene rings is 1. The lowest BCUT2D eigenvalue weighted by Gasteiger charge is -2.33. The Balaban J connectivity index is 1.49. The van der Waals surface area contributed by atoms with Crippen LogP contribution in [0.25, 0.3) is 11.2 Å². The van der Waals surface area contributed by atoms with E-state index in [9.17, 15) is 5.11 Å². The highest BCUT2D eigenvalue weighted by molar-refractivity contribution is 5.71. The van der Waals surface area contributed by atoms with E-state index in [2.05, 4.69) is 49.8 Å². The fourth-order valence-electron chi connectivity index (χ4n) is 3.86. The summed E-state index contributed by atoms with van der Waals surface area (Å²) in [7, 11) is 0. The second kappa shape index (κ2) is 7.33. The maximum absolute atomic E-state index is 9.67. The number of aliphatic hydroxyl groups excluding tert-OH is 1. The molecule has 1 atom stereocenters. The molecule has 0 saturated carbocycles. The zero-order chi connectivity index (χ0) is 17.1. The monoisotopic (exact) mass is 336 g/mol. The Hall–Kier alpha value is -2.24. The molecule has 25 heavy (non-hydrogen) atoms. The van der Waals surface area contributed by atoms with Gasteiger partial charge in [-0.05, 0) is 43.0 Å². The third kappa shape index (κ3) is 3.57. The Morgan fingerprint density at radius 2 is 2.00 bits per heavy atom. The summed E-state index contributed by atoms with van der Waals surface area (Å²) in [5, 5.41) is 9.67. The Kier molecular flexibility index (Phi) is 4.76. The molecule has 5 heteroatoms. The van der Waals surface area contributed by atoms with Crippen molar-refractivity contribution in [1.29, 1.82) is 0 Å². The third-order valence-electron chi connectivity index (χ3n) is 5.02. The first-order valence-electron chi connectivity index (χ1n) is 9.01. The van der Waals surface area contributed by atoms with Crippen molar-refractivity contribution < 1.29 is 5.11 Å². The maximum atomic E-state index is 9.67. The highest BCUT2D eigenvalue weighted by atomic mass is 16.3. The fraction of sp³-hybridized carbons (Fsp3) is 0.400. The van der Waals surface area contributed by atoms with Crippen LogP contribution in [0.4, 0.5) is 0 Å². The average molecular weight is 336 g/mol. The molecule has 130 valence electrons. The molecule has 0 aliphatic carbocycles. The number of aromatic nitrogens is 3. The summed E-state index contributed by atoms with van der Waals surface area (Å²) < 4.78 is 2.10. The molecule has 1 fully saturated rings. The SMILES string of the molecule is OCc1nc2cccnc2n1CC1CCCN(Cc2ccccc2)C1. The molecule has 1 N–H and O–H groups in total. The molecular formula is C20H24N4O. The minimum atomic E-state index is -0.0448. The lowest BCUT2D eigenvalue weighted by Crippen LogP contribution is -2.36. The van der Waals surface area contributed by atoms with Gasteiger partial charge in [-0.25, -0.2) is 9.97 Å². The van der Waals surface area contributed by atoms with Gasteiger partial charge in [0.1, 0.15) is 17.9 Å². The number of fused-ring (bicyclic) bond motifs is 1. The van der Waals surface area contributed by atoms with E-state index in [0.29, 0.717) is 11.7 Å². The van der Waals surface area contributed by atoms with Crippen molar-refractivity contribution in [2.75, 3.05) is 13.1 Å². The molecule has 1 aliphatic heterocycles. The predicted octanol–water partition coefficient (Wildman–Crippen LogP) is 2.84. The van der Waals surface area contributed by atoms with Gasteiger partial charge in [-0.3, -0.25) is 4.90 Å². The molecule has 0 radical (unpaired) electrons. The molecule has 3 aromatic rings. The third-order valence-corrected chi connectivity index (χ3v) is 5.02. The van der Waals surface area contributed by atoms with Crippen LogP contribution in [0.3, 0.4) is 0 Å². The highest BCUT2D eigenvalue weighted by Gasteiger charge is 2.22. The predicted molar refractivity (Wildman–Crippen MR) is 97.9 cm³/mol. The second-order valence-electron chi connectivity index (χ2n) is 6.87. The Morgan fingerprint density at radius 3 is 2.84 bits per heavy atom. The van der Waals surface area contributed by atoms with Gasteiger partial charge >= 0.3 is 0 Å². The minimum absolute atomic E-state index is 0.0448. The number of likely N-dealkylation sites (tertiary alicyclic amines) is 1. The number of imidazole rings is 1. The number of hydrogen-bond donors (Lipinski definition) is 1. The van der Waals surface area contributed by atoms with E-state index in [1.165, 1.54) is 18.4 Å². The van der Waals surface area contributed by atoms with E-state index in [1.807, 2.05) is 12.1 Å². The van der Waals surface area contributed by atoms with E-state index in [4.69, 9.17) is 0 Å². The van der Waals surface area contributed by atoms with Gasteiger partial charge in [0.15, 0.2) is 5.65 Å². The molecule has 3 heterocycles. The van der Waals surface area contributed by atoms with E-state index in [0.717, 1.165) is 37.3 Å². The first kappa shape index (κ1) is 16.2. The first-order chi connectivity index (χ1) is 12.3. The van der Waals surface area contributed by atoms with E-state index in [1.54, 1.807) is 6.20 Å². The van der Waals surface area contributed by atoms with Gasteiger partial charge in [-0.15, -0.1) is 0 Å². The summed E-state index contributed by atoms with van der Waals surface area (Å²) in [5.74, 6) is 1.27. The zero-order valence-corrected chi connectivity index (χ0v) is 14.4. The van der Waals surface area contributed by atoms with Crippen LogP contribution in [-0.2, 0) is 19.7 Å². The van der Waals surface area contributed by atoms with E-state index < -0.39 is 0 Å². The van der Waals surface area contributed by atoms with E-state index in [-0.39, 0.29) is 6.61 Å². The fourth-order valence-corrected chi connectivity index (χ4v) is 3.86. The van der Waals surface area contributed by atoms with Gasteiger partial charge in [0.25, 0.3) is 0 Å². The standard InChI is InChI=1S/C20H24N4O/c25-15-19-22-18-9-4-10-21-20(18)24(19)14-17-8-5-11-23(13-17)12-16-6-2-1-3-7-16/h1-4,6-7,9-10,17,25H,5,8,11-15H2. The van der Waals surface area contributed by atoms with Gasteiger partial charge in [0, 0.05) is 25.8 Å². The molecule has 0 bridgehead atoms. The van der Waals surface area contributed by atoms with Crippen molar-refractivity contribution in [2.24, 2.45) is 5.92 Å². The van der Waals surface area contributed by atoms with Crippen LogP contribution >= 0.6 is 0 Å². The van der Waals surface area contributed by atoms with Crippen LogP contribution < -0.4 is 0 Å². The molecular weight excluding hydrogens is 312 g/mol. The van der Waals surface area contributed by atoms with Gasteiger partial charge in [0.2, 0.25) is 0 Å². The molecule has 4 rings (SSSR count). The van der Waals surface area contributed by atoms with Gasteiger partial charge < -0.3 is 9.67 Å². The number of hydrogen-bond acceptors (Lipinski definition) is 4. The molecule has 1 aromatic carbocycles.